The Balaban J connectivity index is 2.17. The number of rotatable bonds is 6. The summed E-state index contributed by atoms with van der Waals surface area (Å²) in [6, 6.07) is 8.76. The third-order valence-corrected chi connectivity index (χ3v) is 4.34. The molecule has 1 heterocycles. The number of hydrogen-bond acceptors (Lipinski definition) is 3. The Labute approximate surface area is 126 Å². The van der Waals surface area contributed by atoms with Gasteiger partial charge in [0.1, 0.15) is 0 Å². The molecule has 0 unspecified atom stereocenters. The van der Waals surface area contributed by atoms with Gasteiger partial charge in [-0.05, 0) is 31.9 Å². The van der Waals surface area contributed by atoms with Crippen molar-refractivity contribution < 1.29 is 0 Å². The van der Waals surface area contributed by atoms with Crippen LogP contribution in [-0.2, 0) is 19.4 Å². The fourth-order valence-corrected chi connectivity index (χ4v) is 3.38. The molecular weight excluding hydrogens is 264 g/mol. The zero-order valence-corrected chi connectivity index (χ0v) is 13.7. The second-order valence-electron chi connectivity index (χ2n) is 5.77. The largest absolute Gasteiger partial charge is 0.315 e. The van der Waals surface area contributed by atoms with E-state index < -0.39 is 0 Å². The maximum absolute atomic E-state index is 4.87. The normalized spacial score (nSPS) is 11.2. The van der Waals surface area contributed by atoms with Crippen molar-refractivity contribution in [2.75, 3.05) is 7.05 Å². The summed E-state index contributed by atoms with van der Waals surface area (Å²) in [4.78, 5) is 6.26. The number of nitrogens with one attached hydrogen (secondary N) is 1. The Hall–Kier alpha value is -1.19. The summed E-state index contributed by atoms with van der Waals surface area (Å²) in [5, 5.41) is 4.48. The SMILES string of the molecule is CNCc1sc(Cc2ccc(C)cc2)nc1CC(C)C. The summed E-state index contributed by atoms with van der Waals surface area (Å²) in [6.07, 6.45) is 2.02. The summed E-state index contributed by atoms with van der Waals surface area (Å²) < 4.78 is 0. The molecule has 0 radical (unpaired) electrons. The van der Waals surface area contributed by atoms with E-state index in [1.807, 2.05) is 18.4 Å². The highest BCUT2D eigenvalue weighted by Crippen LogP contribution is 2.23. The average Bonchev–Trinajstić information content (AvgIpc) is 2.74. The lowest BCUT2D eigenvalue weighted by Gasteiger charge is -2.03. The zero-order chi connectivity index (χ0) is 14.5. The van der Waals surface area contributed by atoms with Crippen molar-refractivity contribution in [2.45, 2.75) is 40.2 Å². The molecule has 1 N–H and O–H groups in total. The molecular formula is C17H24N2S. The Morgan fingerprint density at radius 2 is 1.90 bits per heavy atom. The molecule has 0 saturated carbocycles. The lowest BCUT2D eigenvalue weighted by Crippen LogP contribution is -2.07. The van der Waals surface area contributed by atoms with E-state index in [1.165, 1.54) is 26.7 Å². The van der Waals surface area contributed by atoms with E-state index in [4.69, 9.17) is 4.98 Å². The van der Waals surface area contributed by atoms with Crippen LogP contribution < -0.4 is 5.32 Å². The minimum atomic E-state index is 0.653. The molecule has 20 heavy (non-hydrogen) atoms. The molecule has 0 bridgehead atoms. The molecule has 2 nitrogen and oxygen atoms in total. The average molecular weight is 288 g/mol. The molecule has 0 aliphatic heterocycles. The second-order valence-corrected chi connectivity index (χ2v) is 6.94. The van der Waals surface area contributed by atoms with Crippen molar-refractivity contribution in [3.05, 3.63) is 51.0 Å². The number of nitrogens with zero attached hydrogens (tertiary/aromatic N) is 1. The van der Waals surface area contributed by atoms with Gasteiger partial charge < -0.3 is 5.32 Å². The van der Waals surface area contributed by atoms with Gasteiger partial charge in [-0.3, -0.25) is 0 Å². The van der Waals surface area contributed by atoms with Gasteiger partial charge in [-0.15, -0.1) is 11.3 Å². The van der Waals surface area contributed by atoms with Crippen LogP contribution in [0.15, 0.2) is 24.3 Å². The van der Waals surface area contributed by atoms with E-state index in [0.717, 1.165) is 19.4 Å². The fourth-order valence-electron chi connectivity index (χ4n) is 2.24. The number of benzene rings is 1. The third-order valence-electron chi connectivity index (χ3n) is 3.24. The summed E-state index contributed by atoms with van der Waals surface area (Å²) in [5.74, 6) is 0.653. The molecule has 0 spiro atoms. The highest BCUT2D eigenvalue weighted by Gasteiger charge is 2.12. The first kappa shape index (κ1) is 15.2. The van der Waals surface area contributed by atoms with Crippen LogP contribution in [0.1, 0.15) is 40.6 Å². The molecule has 2 aromatic rings. The highest BCUT2D eigenvalue weighted by atomic mass is 32.1. The van der Waals surface area contributed by atoms with E-state index >= 15 is 0 Å². The van der Waals surface area contributed by atoms with Gasteiger partial charge in [-0.2, -0.15) is 0 Å². The predicted molar refractivity (Wildman–Crippen MR) is 87.4 cm³/mol. The first-order valence-electron chi connectivity index (χ1n) is 7.26. The summed E-state index contributed by atoms with van der Waals surface area (Å²) in [6.45, 7) is 7.55. The Morgan fingerprint density at radius 3 is 2.50 bits per heavy atom. The van der Waals surface area contributed by atoms with Crippen molar-refractivity contribution in [1.82, 2.24) is 10.3 Å². The molecule has 1 aromatic carbocycles. The molecule has 0 amide bonds. The first-order chi connectivity index (χ1) is 9.58. The quantitative estimate of drug-likeness (QED) is 0.870. The third kappa shape index (κ3) is 4.15. The monoisotopic (exact) mass is 288 g/mol. The topological polar surface area (TPSA) is 24.9 Å². The number of hydrogen-bond donors (Lipinski definition) is 1. The highest BCUT2D eigenvalue weighted by molar-refractivity contribution is 7.11. The smallest absolute Gasteiger partial charge is 0.0975 e. The lowest BCUT2D eigenvalue weighted by atomic mass is 10.1. The van der Waals surface area contributed by atoms with Gasteiger partial charge in [0, 0.05) is 17.8 Å². The fraction of sp³-hybridized carbons (Fsp3) is 0.471. The lowest BCUT2D eigenvalue weighted by molar-refractivity contribution is 0.629. The molecule has 3 heteroatoms. The molecule has 0 aliphatic rings. The standard InChI is InChI=1S/C17H24N2S/c1-12(2)9-15-16(11-18-4)20-17(19-15)10-14-7-5-13(3)6-8-14/h5-8,12,18H,9-11H2,1-4H3. The van der Waals surface area contributed by atoms with E-state index in [9.17, 15) is 0 Å². The van der Waals surface area contributed by atoms with E-state index in [-0.39, 0.29) is 0 Å². The minimum Gasteiger partial charge on any atom is -0.315 e. The number of aryl methyl sites for hydroxylation is 1. The van der Waals surface area contributed by atoms with Gasteiger partial charge in [0.15, 0.2) is 0 Å². The maximum atomic E-state index is 4.87. The van der Waals surface area contributed by atoms with Gasteiger partial charge >= 0.3 is 0 Å². The predicted octanol–water partition coefficient (Wildman–Crippen LogP) is 3.96. The first-order valence-corrected chi connectivity index (χ1v) is 8.07. The molecule has 0 fully saturated rings. The molecule has 2 rings (SSSR count). The minimum absolute atomic E-state index is 0.653. The van der Waals surface area contributed by atoms with Crippen molar-refractivity contribution in [3.8, 4) is 0 Å². The van der Waals surface area contributed by atoms with Gasteiger partial charge in [-0.25, -0.2) is 4.98 Å². The van der Waals surface area contributed by atoms with Crippen molar-refractivity contribution in [2.24, 2.45) is 5.92 Å². The summed E-state index contributed by atoms with van der Waals surface area (Å²) in [7, 11) is 2.00. The van der Waals surface area contributed by atoms with Crippen molar-refractivity contribution in [3.63, 3.8) is 0 Å². The Kier molecular flexibility index (Phi) is 5.32. The summed E-state index contributed by atoms with van der Waals surface area (Å²) >= 11 is 1.85. The van der Waals surface area contributed by atoms with E-state index in [2.05, 4.69) is 50.4 Å². The van der Waals surface area contributed by atoms with Gasteiger partial charge in [0.2, 0.25) is 0 Å². The maximum Gasteiger partial charge on any atom is 0.0975 e. The summed E-state index contributed by atoms with van der Waals surface area (Å²) in [5.41, 5.74) is 3.93. The van der Waals surface area contributed by atoms with Crippen LogP contribution in [0.25, 0.3) is 0 Å². The van der Waals surface area contributed by atoms with Gasteiger partial charge in [0.25, 0.3) is 0 Å². The molecule has 0 aliphatic carbocycles. The van der Waals surface area contributed by atoms with Crippen LogP contribution in [0.5, 0.6) is 0 Å². The number of thiazole rings is 1. The van der Waals surface area contributed by atoms with Crippen LogP contribution >= 0.6 is 11.3 Å². The van der Waals surface area contributed by atoms with Crippen LogP contribution in [0.2, 0.25) is 0 Å². The van der Waals surface area contributed by atoms with Gasteiger partial charge in [0.05, 0.1) is 10.7 Å². The molecule has 1 aromatic heterocycles. The van der Waals surface area contributed by atoms with Crippen LogP contribution in [0.3, 0.4) is 0 Å². The number of aromatic nitrogens is 1. The second kappa shape index (κ2) is 7.00. The van der Waals surface area contributed by atoms with Crippen molar-refractivity contribution >= 4 is 11.3 Å². The molecule has 108 valence electrons. The molecule has 0 saturated heterocycles. The Bertz CT molecular complexity index is 541. The van der Waals surface area contributed by atoms with Crippen molar-refractivity contribution in [1.29, 1.82) is 0 Å². The van der Waals surface area contributed by atoms with Crippen LogP contribution in [0.4, 0.5) is 0 Å². The molecule has 0 atom stereocenters. The zero-order valence-electron chi connectivity index (χ0n) is 12.9. The van der Waals surface area contributed by atoms with E-state index in [1.54, 1.807) is 0 Å². The van der Waals surface area contributed by atoms with E-state index in [0.29, 0.717) is 5.92 Å². The van der Waals surface area contributed by atoms with Crippen LogP contribution in [0, 0.1) is 12.8 Å². The van der Waals surface area contributed by atoms with Crippen LogP contribution in [-0.4, -0.2) is 12.0 Å². The Morgan fingerprint density at radius 1 is 1.20 bits per heavy atom. The van der Waals surface area contributed by atoms with Gasteiger partial charge in [-0.1, -0.05) is 43.7 Å².